The molecule has 2 aromatic heterocycles. The summed E-state index contributed by atoms with van der Waals surface area (Å²) >= 11 is 0. The van der Waals surface area contributed by atoms with Gasteiger partial charge in [-0.1, -0.05) is 11.6 Å². The zero-order chi connectivity index (χ0) is 22.7. The van der Waals surface area contributed by atoms with Gasteiger partial charge < -0.3 is 10.6 Å². The lowest BCUT2D eigenvalue weighted by Crippen LogP contribution is -2.23. The van der Waals surface area contributed by atoms with Gasteiger partial charge in [-0.15, -0.1) is 0 Å². The summed E-state index contributed by atoms with van der Waals surface area (Å²) in [7, 11) is 0. The topological polar surface area (TPSA) is 113 Å². The maximum Gasteiger partial charge on any atom is 0.276 e. The number of nitrogens with one attached hydrogen (secondary N) is 3. The van der Waals surface area contributed by atoms with Crippen LogP contribution in [0, 0.1) is 19.7 Å². The highest BCUT2D eigenvalue weighted by Gasteiger charge is 2.22. The number of carbonyl (C=O) groups excluding carboxylic acids is 2. The fourth-order valence-electron chi connectivity index (χ4n) is 3.11. The lowest BCUT2D eigenvalue weighted by Gasteiger charge is -2.12. The first-order chi connectivity index (χ1) is 15.4. The molecule has 3 N–H and O–H groups in total. The molecule has 2 amide bonds. The van der Waals surface area contributed by atoms with E-state index in [1.807, 2.05) is 32.0 Å². The second-order valence-electron chi connectivity index (χ2n) is 7.15. The number of halogens is 1. The molecular formula is C23H19FN6O2. The van der Waals surface area contributed by atoms with Crippen molar-refractivity contribution in [2.75, 3.05) is 10.6 Å². The maximum absolute atomic E-state index is 13.1. The van der Waals surface area contributed by atoms with Gasteiger partial charge in [-0.3, -0.25) is 14.7 Å². The Morgan fingerprint density at radius 1 is 0.875 bits per heavy atom. The van der Waals surface area contributed by atoms with E-state index in [0.29, 0.717) is 17.1 Å². The highest BCUT2D eigenvalue weighted by atomic mass is 19.1. The van der Waals surface area contributed by atoms with Crippen LogP contribution in [0.15, 0.2) is 60.9 Å². The number of rotatable bonds is 5. The van der Waals surface area contributed by atoms with Gasteiger partial charge in [-0.25, -0.2) is 14.4 Å². The number of aryl methyl sites for hydroxylation is 2. The third-order valence-electron chi connectivity index (χ3n) is 4.64. The predicted octanol–water partition coefficient (Wildman–Crippen LogP) is 4.13. The van der Waals surface area contributed by atoms with Crippen LogP contribution in [0.4, 0.5) is 15.8 Å². The van der Waals surface area contributed by atoms with Crippen LogP contribution in [0.2, 0.25) is 0 Å². The molecule has 0 aliphatic carbocycles. The SMILES string of the molecule is Cc1ccc(NC(=O)c2nccnc2C(=O)Nc2ccc(F)cc2)c(-c2cc(C)[nH]n2)c1. The number of hydrogen-bond donors (Lipinski definition) is 3. The van der Waals surface area contributed by atoms with Crippen molar-refractivity contribution in [3.8, 4) is 11.3 Å². The van der Waals surface area contributed by atoms with Crippen LogP contribution in [-0.4, -0.2) is 32.0 Å². The molecule has 9 heteroatoms. The van der Waals surface area contributed by atoms with Crippen LogP contribution in [0.3, 0.4) is 0 Å². The van der Waals surface area contributed by atoms with Gasteiger partial charge in [0.05, 0.1) is 11.4 Å². The second kappa shape index (κ2) is 8.76. The van der Waals surface area contributed by atoms with Gasteiger partial charge in [0.1, 0.15) is 5.82 Å². The minimum Gasteiger partial charge on any atom is -0.321 e. The van der Waals surface area contributed by atoms with Crippen molar-refractivity contribution in [3.05, 3.63) is 89.4 Å². The predicted molar refractivity (Wildman–Crippen MR) is 118 cm³/mol. The van der Waals surface area contributed by atoms with Crippen molar-refractivity contribution in [1.29, 1.82) is 0 Å². The first-order valence-corrected chi connectivity index (χ1v) is 9.73. The number of nitrogens with zero attached hydrogens (tertiary/aromatic N) is 3. The van der Waals surface area contributed by atoms with Crippen LogP contribution in [-0.2, 0) is 0 Å². The Morgan fingerprint density at radius 3 is 2.16 bits per heavy atom. The van der Waals surface area contributed by atoms with Crippen LogP contribution >= 0.6 is 0 Å². The molecule has 0 radical (unpaired) electrons. The Hall–Kier alpha value is -4.40. The zero-order valence-electron chi connectivity index (χ0n) is 17.3. The summed E-state index contributed by atoms with van der Waals surface area (Å²) in [6.45, 7) is 3.82. The summed E-state index contributed by atoms with van der Waals surface area (Å²) in [6, 6.07) is 12.7. The summed E-state index contributed by atoms with van der Waals surface area (Å²) in [5.41, 5.74) is 3.87. The largest absolute Gasteiger partial charge is 0.321 e. The second-order valence-corrected chi connectivity index (χ2v) is 7.15. The van der Waals surface area contributed by atoms with Crippen molar-refractivity contribution < 1.29 is 14.0 Å². The van der Waals surface area contributed by atoms with Gasteiger partial charge in [0, 0.05) is 29.3 Å². The van der Waals surface area contributed by atoms with E-state index in [1.165, 1.54) is 36.7 Å². The number of amides is 2. The number of benzene rings is 2. The number of carbonyl (C=O) groups is 2. The van der Waals surface area contributed by atoms with Crippen molar-refractivity contribution in [1.82, 2.24) is 20.2 Å². The van der Waals surface area contributed by atoms with Crippen LogP contribution in [0.1, 0.15) is 32.2 Å². The van der Waals surface area contributed by atoms with Gasteiger partial charge in [0.25, 0.3) is 11.8 Å². The molecule has 0 fully saturated rings. The zero-order valence-corrected chi connectivity index (χ0v) is 17.3. The Labute approximate surface area is 182 Å². The van der Waals surface area contributed by atoms with E-state index in [4.69, 9.17) is 0 Å². The van der Waals surface area contributed by atoms with Gasteiger partial charge >= 0.3 is 0 Å². The molecule has 0 aliphatic heterocycles. The minimum absolute atomic E-state index is 0.142. The van der Waals surface area contributed by atoms with Crippen molar-refractivity contribution in [2.45, 2.75) is 13.8 Å². The van der Waals surface area contributed by atoms with Crippen LogP contribution in [0.5, 0.6) is 0 Å². The molecule has 0 saturated heterocycles. The summed E-state index contributed by atoms with van der Waals surface area (Å²) in [6.07, 6.45) is 2.65. The Balaban J connectivity index is 1.61. The summed E-state index contributed by atoms with van der Waals surface area (Å²) in [4.78, 5) is 33.8. The average Bonchev–Trinajstić information content (AvgIpc) is 3.22. The first kappa shape index (κ1) is 20.9. The standard InChI is InChI=1S/C23H19FN6O2/c1-13-3-8-18(17(11-13)19-12-14(2)29-30-19)28-23(32)21-20(25-9-10-26-21)22(31)27-16-6-4-15(24)5-7-16/h3-12H,1-2H3,(H,27,31)(H,28,32)(H,29,30). The molecule has 2 heterocycles. The van der Waals surface area contributed by atoms with Crippen molar-refractivity contribution in [2.24, 2.45) is 0 Å². The van der Waals surface area contributed by atoms with Gasteiger partial charge in [-0.05, 0) is 56.3 Å². The molecule has 0 saturated carbocycles. The van der Waals surface area contributed by atoms with E-state index in [9.17, 15) is 14.0 Å². The Morgan fingerprint density at radius 2 is 1.53 bits per heavy atom. The Bertz CT molecular complexity index is 1300. The molecule has 0 spiro atoms. The highest BCUT2D eigenvalue weighted by molar-refractivity contribution is 6.13. The summed E-state index contributed by atoms with van der Waals surface area (Å²) < 4.78 is 13.1. The van der Waals surface area contributed by atoms with Gasteiger partial charge in [-0.2, -0.15) is 5.10 Å². The highest BCUT2D eigenvalue weighted by Crippen LogP contribution is 2.28. The smallest absolute Gasteiger partial charge is 0.276 e. The van der Waals surface area contributed by atoms with Crippen molar-refractivity contribution in [3.63, 3.8) is 0 Å². The molecule has 0 bridgehead atoms. The molecule has 4 rings (SSSR count). The third kappa shape index (κ3) is 4.51. The lowest BCUT2D eigenvalue weighted by molar-refractivity contribution is 0.0983. The van der Waals surface area contributed by atoms with Gasteiger partial charge in [0.2, 0.25) is 0 Å². The van der Waals surface area contributed by atoms with Crippen molar-refractivity contribution >= 4 is 23.2 Å². The van der Waals surface area contributed by atoms with E-state index in [2.05, 4.69) is 30.8 Å². The summed E-state index contributed by atoms with van der Waals surface area (Å²) in [5.74, 6) is -1.66. The molecule has 160 valence electrons. The van der Waals surface area contributed by atoms with E-state index < -0.39 is 17.6 Å². The number of anilines is 2. The lowest BCUT2D eigenvalue weighted by atomic mass is 10.1. The van der Waals surface area contributed by atoms with Crippen LogP contribution < -0.4 is 10.6 Å². The van der Waals surface area contributed by atoms with Gasteiger partial charge in [0.15, 0.2) is 11.4 Å². The molecule has 0 atom stereocenters. The maximum atomic E-state index is 13.1. The molecule has 8 nitrogen and oxygen atoms in total. The fraction of sp³-hybridized carbons (Fsp3) is 0.0870. The van der Waals surface area contributed by atoms with E-state index in [0.717, 1.165) is 16.8 Å². The number of hydrogen-bond acceptors (Lipinski definition) is 5. The molecule has 32 heavy (non-hydrogen) atoms. The van der Waals surface area contributed by atoms with Crippen LogP contribution in [0.25, 0.3) is 11.3 Å². The minimum atomic E-state index is -0.637. The molecule has 0 unspecified atom stereocenters. The van der Waals surface area contributed by atoms with E-state index >= 15 is 0 Å². The molecule has 4 aromatic rings. The molecular weight excluding hydrogens is 411 g/mol. The normalized spacial score (nSPS) is 10.6. The van der Waals surface area contributed by atoms with E-state index in [1.54, 1.807) is 6.07 Å². The molecule has 2 aromatic carbocycles. The number of H-pyrrole nitrogens is 1. The quantitative estimate of drug-likeness (QED) is 0.441. The fourth-order valence-corrected chi connectivity index (χ4v) is 3.11. The Kier molecular flexibility index (Phi) is 5.71. The first-order valence-electron chi connectivity index (χ1n) is 9.73. The summed E-state index contributed by atoms with van der Waals surface area (Å²) in [5, 5.41) is 12.6. The molecule has 0 aliphatic rings. The number of aromatic nitrogens is 4. The monoisotopic (exact) mass is 430 g/mol. The van der Waals surface area contributed by atoms with E-state index in [-0.39, 0.29) is 11.4 Å². The average molecular weight is 430 g/mol. The third-order valence-corrected chi connectivity index (χ3v) is 4.64. The number of aromatic amines is 1.